The van der Waals surface area contributed by atoms with E-state index in [1.165, 1.54) is 0 Å². The topological polar surface area (TPSA) is 0 Å². The molecule has 0 saturated carbocycles. The van der Waals surface area contributed by atoms with Crippen molar-refractivity contribution in [2.24, 2.45) is 0 Å². The smallest absolute Gasteiger partial charge is 0.0514 e. The first-order valence-electron chi connectivity index (χ1n) is 4.03. The second-order valence-corrected chi connectivity index (χ2v) is 3.82. The minimum Gasteiger partial charge on any atom is -0.0837 e. The zero-order valence-electron chi connectivity index (χ0n) is 7.14. The van der Waals surface area contributed by atoms with Gasteiger partial charge in [0.2, 0.25) is 0 Å². The number of halogens is 2. The minimum atomic E-state index is 0.749. The number of hydrogen-bond donors (Lipinski definition) is 0. The lowest BCUT2D eigenvalue weighted by Gasteiger charge is -2.04. The van der Waals surface area contributed by atoms with E-state index in [-0.39, 0.29) is 0 Å². The molecule has 0 aliphatic carbocycles. The normalized spacial score (nSPS) is 10.7. The van der Waals surface area contributed by atoms with Crippen LogP contribution in [0, 0.1) is 6.92 Å². The first-order valence-corrected chi connectivity index (χ1v) is 4.79. The van der Waals surface area contributed by atoms with Crippen molar-refractivity contribution < 1.29 is 0 Å². The molecule has 0 aromatic heterocycles. The molecule has 0 N–H and O–H groups in total. The van der Waals surface area contributed by atoms with Gasteiger partial charge in [0.15, 0.2) is 0 Å². The molecule has 0 saturated heterocycles. The van der Waals surface area contributed by atoms with Crippen molar-refractivity contribution in [3.63, 3.8) is 0 Å². The van der Waals surface area contributed by atoms with Gasteiger partial charge in [0.05, 0.1) is 5.02 Å². The molecule has 66 valence electrons. The molecular weight excluding hydrogens is 203 g/mol. The molecule has 2 heteroatoms. The van der Waals surface area contributed by atoms with Crippen LogP contribution in [0.5, 0.6) is 0 Å². The van der Waals surface area contributed by atoms with Gasteiger partial charge in [-0.1, -0.05) is 47.5 Å². The Balaban J connectivity index is 2.94. The molecule has 0 unspecified atom stereocenters. The zero-order chi connectivity index (χ0) is 9.42. The maximum absolute atomic E-state index is 6.14. The Kier molecular flexibility index (Phi) is 2.19. The van der Waals surface area contributed by atoms with Crippen molar-refractivity contribution in [2.45, 2.75) is 6.92 Å². The first-order chi connectivity index (χ1) is 6.20. The average molecular weight is 211 g/mol. The number of fused-ring (bicyclic) bond motifs is 1. The molecule has 2 rings (SSSR count). The molecule has 0 fully saturated rings. The average Bonchev–Trinajstić information content (AvgIpc) is 2.12. The van der Waals surface area contributed by atoms with Gasteiger partial charge in [-0.15, -0.1) is 0 Å². The Bertz CT molecular complexity index is 461. The summed E-state index contributed by atoms with van der Waals surface area (Å²) in [6.45, 7) is 1.99. The van der Waals surface area contributed by atoms with Crippen LogP contribution >= 0.6 is 23.2 Å². The van der Waals surface area contributed by atoms with Crippen molar-refractivity contribution in [1.82, 2.24) is 0 Å². The van der Waals surface area contributed by atoms with Crippen LogP contribution in [0.1, 0.15) is 5.56 Å². The summed E-state index contributed by atoms with van der Waals surface area (Å²) in [6, 6.07) is 9.75. The van der Waals surface area contributed by atoms with Crippen molar-refractivity contribution >= 4 is 34.0 Å². The Hall–Kier alpha value is -0.720. The van der Waals surface area contributed by atoms with Gasteiger partial charge in [0.25, 0.3) is 0 Å². The lowest BCUT2D eigenvalue weighted by Crippen LogP contribution is -1.79. The third-order valence-corrected chi connectivity index (χ3v) is 2.97. The summed E-state index contributed by atoms with van der Waals surface area (Å²) in [5.41, 5.74) is 1.08. The zero-order valence-corrected chi connectivity index (χ0v) is 8.65. The number of hydrogen-bond acceptors (Lipinski definition) is 0. The summed E-state index contributed by atoms with van der Waals surface area (Å²) in [7, 11) is 0. The molecule has 2 aromatic rings. The second kappa shape index (κ2) is 3.21. The van der Waals surface area contributed by atoms with E-state index in [1.807, 2.05) is 37.3 Å². The molecule has 0 spiro atoms. The first kappa shape index (κ1) is 8.86. The van der Waals surface area contributed by atoms with Crippen LogP contribution < -0.4 is 0 Å². The molecule has 0 nitrogen and oxygen atoms in total. The highest BCUT2D eigenvalue weighted by atomic mass is 35.5. The summed E-state index contributed by atoms with van der Waals surface area (Å²) >= 11 is 12.2. The van der Waals surface area contributed by atoms with Gasteiger partial charge in [-0.05, 0) is 18.6 Å². The molecule has 0 heterocycles. The van der Waals surface area contributed by atoms with Gasteiger partial charge in [0.1, 0.15) is 0 Å². The molecule has 0 radical (unpaired) electrons. The molecule has 0 amide bonds. The molecule has 0 bridgehead atoms. The van der Waals surface area contributed by atoms with Gasteiger partial charge in [0, 0.05) is 15.8 Å². The summed E-state index contributed by atoms with van der Waals surface area (Å²) < 4.78 is 0. The van der Waals surface area contributed by atoms with E-state index in [2.05, 4.69) is 0 Å². The second-order valence-electron chi connectivity index (χ2n) is 3.03. The molecule has 13 heavy (non-hydrogen) atoms. The maximum Gasteiger partial charge on any atom is 0.0514 e. The number of benzene rings is 2. The number of aryl methyl sites for hydroxylation is 1. The number of rotatable bonds is 0. The van der Waals surface area contributed by atoms with Crippen LogP contribution in [0.2, 0.25) is 10.0 Å². The van der Waals surface area contributed by atoms with E-state index in [0.29, 0.717) is 0 Å². The van der Waals surface area contributed by atoms with E-state index in [9.17, 15) is 0 Å². The fraction of sp³-hybridized carbons (Fsp3) is 0.0909. The van der Waals surface area contributed by atoms with Gasteiger partial charge < -0.3 is 0 Å². The van der Waals surface area contributed by atoms with Gasteiger partial charge in [-0.2, -0.15) is 0 Å². The Morgan fingerprint density at radius 1 is 0.923 bits per heavy atom. The molecule has 2 aromatic carbocycles. The third kappa shape index (κ3) is 1.41. The summed E-state index contributed by atoms with van der Waals surface area (Å²) in [5.74, 6) is 0. The Morgan fingerprint density at radius 3 is 2.46 bits per heavy atom. The largest absolute Gasteiger partial charge is 0.0837 e. The summed E-state index contributed by atoms with van der Waals surface area (Å²) in [6.07, 6.45) is 0. The van der Waals surface area contributed by atoms with Crippen LogP contribution in [-0.2, 0) is 0 Å². The Labute approximate surface area is 87.1 Å². The highest BCUT2D eigenvalue weighted by molar-refractivity contribution is 6.40. The van der Waals surface area contributed by atoms with Gasteiger partial charge in [-0.3, -0.25) is 0 Å². The van der Waals surface area contributed by atoms with Crippen molar-refractivity contribution in [2.75, 3.05) is 0 Å². The lowest BCUT2D eigenvalue weighted by atomic mass is 10.1. The van der Waals surface area contributed by atoms with E-state index < -0.39 is 0 Å². The fourth-order valence-electron chi connectivity index (χ4n) is 1.39. The van der Waals surface area contributed by atoms with Gasteiger partial charge in [-0.25, -0.2) is 0 Å². The summed E-state index contributed by atoms with van der Waals surface area (Å²) in [5, 5.41) is 3.58. The molecule has 0 aliphatic rings. The van der Waals surface area contributed by atoms with E-state index in [4.69, 9.17) is 23.2 Å². The molecule has 0 aliphatic heterocycles. The predicted molar refractivity (Wildman–Crippen MR) is 58.7 cm³/mol. The lowest BCUT2D eigenvalue weighted by molar-refractivity contribution is 1.50. The van der Waals surface area contributed by atoms with Crippen LogP contribution in [0.4, 0.5) is 0 Å². The minimum absolute atomic E-state index is 0.749. The maximum atomic E-state index is 6.14. The van der Waals surface area contributed by atoms with E-state index >= 15 is 0 Å². The van der Waals surface area contributed by atoms with Gasteiger partial charge >= 0.3 is 0 Å². The van der Waals surface area contributed by atoms with E-state index in [1.54, 1.807) is 0 Å². The van der Waals surface area contributed by atoms with Crippen molar-refractivity contribution in [3.8, 4) is 0 Å². The SMILES string of the molecule is Cc1ccc2c(Cl)cccc2c1Cl. The quantitative estimate of drug-likeness (QED) is 0.603. The third-order valence-electron chi connectivity index (χ3n) is 2.14. The van der Waals surface area contributed by atoms with Crippen LogP contribution in [0.3, 0.4) is 0 Å². The van der Waals surface area contributed by atoms with Crippen LogP contribution in [0.25, 0.3) is 10.8 Å². The summed E-state index contributed by atoms with van der Waals surface area (Å²) in [4.78, 5) is 0. The van der Waals surface area contributed by atoms with Crippen LogP contribution in [0.15, 0.2) is 30.3 Å². The fourth-order valence-corrected chi connectivity index (χ4v) is 1.86. The monoisotopic (exact) mass is 210 g/mol. The molecular formula is C11H8Cl2. The highest BCUT2D eigenvalue weighted by Gasteiger charge is 2.03. The van der Waals surface area contributed by atoms with Crippen LogP contribution in [-0.4, -0.2) is 0 Å². The predicted octanol–water partition coefficient (Wildman–Crippen LogP) is 4.46. The van der Waals surface area contributed by atoms with Crippen molar-refractivity contribution in [3.05, 3.63) is 45.9 Å². The van der Waals surface area contributed by atoms with Crippen molar-refractivity contribution in [1.29, 1.82) is 0 Å². The highest BCUT2D eigenvalue weighted by Crippen LogP contribution is 2.30. The Morgan fingerprint density at radius 2 is 1.69 bits per heavy atom. The standard InChI is InChI=1S/C11H8Cl2/c1-7-5-6-8-9(11(7)13)3-2-4-10(8)12/h2-6H,1H3. The van der Waals surface area contributed by atoms with E-state index in [0.717, 1.165) is 26.4 Å². The molecule has 0 atom stereocenters.